The van der Waals surface area contributed by atoms with Crippen LogP contribution in [0.3, 0.4) is 0 Å². The molecule has 238 valence electrons. The number of nitrogens with zero attached hydrogens (tertiary/aromatic N) is 2. The lowest BCUT2D eigenvalue weighted by atomic mass is 9.81. The summed E-state index contributed by atoms with van der Waals surface area (Å²) < 4.78 is 8.70. The Kier molecular flexibility index (Phi) is 6.28. The highest BCUT2D eigenvalue weighted by Crippen LogP contribution is 2.49. The van der Waals surface area contributed by atoms with Crippen molar-refractivity contribution in [1.29, 1.82) is 0 Å². The van der Waals surface area contributed by atoms with Gasteiger partial charge in [0.05, 0.1) is 11.4 Å². The van der Waals surface area contributed by atoms with Gasteiger partial charge in [-0.1, -0.05) is 135 Å². The number of benzene rings is 5. The summed E-state index contributed by atoms with van der Waals surface area (Å²) in [6.07, 6.45) is 9.62. The maximum atomic E-state index is 6.52. The zero-order valence-corrected chi connectivity index (χ0v) is 28.0. The molecule has 0 amide bonds. The van der Waals surface area contributed by atoms with Gasteiger partial charge in [0.15, 0.2) is 0 Å². The third-order valence-electron chi connectivity index (χ3n) is 10.7. The van der Waals surface area contributed by atoms with E-state index in [0.29, 0.717) is 0 Å². The number of pyridine rings is 1. The zero-order valence-electron chi connectivity index (χ0n) is 28.0. The van der Waals surface area contributed by atoms with Crippen LogP contribution in [0.15, 0.2) is 156 Å². The first-order valence-corrected chi connectivity index (χ1v) is 17.4. The molecule has 50 heavy (non-hydrogen) atoms. The van der Waals surface area contributed by atoms with E-state index in [0.717, 1.165) is 51.5 Å². The van der Waals surface area contributed by atoms with E-state index >= 15 is 0 Å². The van der Waals surface area contributed by atoms with E-state index in [9.17, 15) is 0 Å². The summed E-state index contributed by atoms with van der Waals surface area (Å²) in [4.78, 5) is 5.07. The van der Waals surface area contributed by atoms with Crippen LogP contribution < -0.4 is 0 Å². The van der Waals surface area contributed by atoms with Crippen LogP contribution in [0.1, 0.15) is 41.9 Å². The molecule has 0 unspecified atom stereocenters. The summed E-state index contributed by atoms with van der Waals surface area (Å²) in [6, 6.07) is 47.7. The molecule has 0 saturated heterocycles. The third kappa shape index (κ3) is 4.33. The molecule has 0 fully saturated rings. The highest BCUT2D eigenvalue weighted by atomic mass is 16.3. The first-order chi connectivity index (χ1) is 24.5. The summed E-state index contributed by atoms with van der Waals surface area (Å²) in [6.45, 7) is 4.68. The second-order valence-corrected chi connectivity index (χ2v) is 13.9. The molecule has 0 atom stereocenters. The fraction of sp³-hybridized carbons (Fsp3) is 0.0851. The minimum Gasteiger partial charge on any atom is -0.456 e. The van der Waals surface area contributed by atoms with Gasteiger partial charge in [0.25, 0.3) is 0 Å². The van der Waals surface area contributed by atoms with Crippen molar-refractivity contribution in [1.82, 2.24) is 9.38 Å². The Labute approximate surface area is 291 Å². The fourth-order valence-electron chi connectivity index (χ4n) is 8.23. The monoisotopic (exact) mass is 642 g/mol. The number of imidazole rings is 1. The van der Waals surface area contributed by atoms with E-state index in [1.807, 2.05) is 6.07 Å². The Balaban J connectivity index is 1.01. The molecule has 0 aliphatic heterocycles. The fourth-order valence-corrected chi connectivity index (χ4v) is 8.23. The Morgan fingerprint density at radius 1 is 0.620 bits per heavy atom. The lowest BCUT2D eigenvalue weighted by Gasteiger charge is -2.22. The minimum atomic E-state index is -0.0300. The SMILES string of the molecule is CC1(C)c2ccccc2-c2ccc(C3=CCc4c(oc5cccc(-c6ccc(-c7nc8ccccn8c7-c7ccccc7)cc6)c45)C=C3)cc21. The van der Waals surface area contributed by atoms with Gasteiger partial charge >= 0.3 is 0 Å². The second-order valence-electron chi connectivity index (χ2n) is 13.9. The Morgan fingerprint density at radius 2 is 1.36 bits per heavy atom. The topological polar surface area (TPSA) is 30.4 Å². The molecule has 0 bridgehead atoms. The maximum absolute atomic E-state index is 6.52. The van der Waals surface area contributed by atoms with Crippen LogP contribution >= 0.6 is 0 Å². The highest BCUT2D eigenvalue weighted by molar-refractivity contribution is 6.00. The highest BCUT2D eigenvalue weighted by Gasteiger charge is 2.35. The molecule has 0 spiro atoms. The molecule has 3 heteroatoms. The number of hydrogen-bond donors (Lipinski definition) is 0. The van der Waals surface area contributed by atoms with Gasteiger partial charge in [-0.2, -0.15) is 0 Å². The summed E-state index contributed by atoms with van der Waals surface area (Å²) in [5.74, 6) is 0.932. The second kappa shape index (κ2) is 10.9. The van der Waals surface area contributed by atoms with E-state index in [1.165, 1.54) is 49.9 Å². The van der Waals surface area contributed by atoms with Gasteiger partial charge in [0.2, 0.25) is 0 Å². The van der Waals surface area contributed by atoms with Gasteiger partial charge in [0, 0.05) is 33.7 Å². The summed E-state index contributed by atoms with van der Waals surface area (Å²) in [7, 11) is 0. The minimum absolute atomic E-state index is 0.0300. The Morgan fingerprint density at radius 3 is 2.24 bits per heavy atom. The molecule has 0 saturated carbocycles. The lowest BCUT2D eigenvalue weighted by molar-refractivity contribution is 0.600. The van der Waals surface area contributed by atoms with E-state index in [1.54, 1.807) is 0 Å². The van der Waals surface area contributed by atoms with Gasteiger partial charge < -0.3 is 4.42 Å². The Bertz CT molecular complexity index is 2680. The third-order valence-corrected chi connectivity index (χ3v) is 10.7. The van der Waals surface area contributed by atoms with Crippen LogP contribution in [0.5, 0.6) is 0 Å². The lowest BCUT2D eigenvalue weighted by Crippen LogP contribution is -2.15. The van der Waals surface area contributed by atoms with Gasteiger partial charge in [-0.15, -0.1) is 0 Å². The molecule has 5 aromatic carbocycles. The van der Waals surface area contributed by atoms with Crippen LogP contribution in [0.4, 0.5) is 0 Å². The van der Waals surface area contributed by atoms with E-state index in [4.69, 9.17) is 9.40 Å². The molecule has 3 nitrogen and oxygen atoms in total. The summed E-state index contributed by atoms with van der Waals surface area (Å²) in [5, 5.41) is 1.18. The van der Waals surface area contributed by atoms with Crippen molar-refractivity contribution in [2.45, 2.75) is 25.7 Å². The normalized spacial score (nSPS) is 14.3. The average molecular weight is 643 g/mol. The van der Waals surface area contributed by atoms with Gasteiger partial charge in [-0.3, -0.25) is 4.40 Å². The van der Waals surface area contributed by atoms with E-state index in [2.05, 4.69) is 170 Å². The van der Waals surface area contributed by atoms with Crippen molar-refractivity contribution in [3.05, 3.63) is 180 Å². The van der Waals surface area contributed by atoms with E-state index in [-0.39, 0.29) is 5.41 Å². The van der Waals surface area contributed by atoms with Crippen molar-refractivity contribution in [3.8, 4) is 44.8 Å². The number of allylic oxidation sites excluding steroid dienone is 3. The molecule has 2 aliphatic rings. The first kappa shape index (κ1) is 28.8. The first-order valence-electron chi connectivity index (χ1n) is 17.4. The van der Waals surface area contributed by atoms with Crippen LogP contribution in [-0.4, -0.2) is 9.38 Å². The largest absolute Gasteiger partial charge is 0.456 e. The molecular weight excluding hydrogens is 609 g/mol. The predicted molar refractivity (Wildman–Crippen MR) is 206 cm³/mol. The van der Waals surface area contributed by atoms with Crippen molar-refractivity contribution >= 4 is 28.3 Å². The molecule has 8 aromatic rings. The summed E-state index contributed by atoms with van der Waals surface area (Å²) in [5.41, 5.74) is 17.7. The van der Waals surface area contributed by atoms with Crippen LogP contribution in [0.2, 0.25) is 0 Å². The molecule has 3 heterocycles. The van der Waals surface area contributed by atoms with Crippen molar-refractivity contribution in [2.75, 3.05) is 0 Å². The van der Waals surface area contributed by atoms with Gasteiger partial charge in [0.1, 0.15) is 17.0 Å². The Hall–Kier alpha value is -6.19. The number of rotatable bonds is 4. The number of fused-ring (bicyclic) bond motifs is 7. The van der Waals surface area contributed by atoms with Gasteiger partial charge in [-0.25, -0.2) is 4.98 Å². The van der Waals surface area contributed by atoms with Crippen molar-refractivity contribution in [3.63, 3.8) is 0 Å². The quantitative estimate of drug-likeness (QED) is 0.191. The van der Waals surface area contributed by atoms with Gasteiger partial charge in [-0.05, 0) is 81.3 Å². The molecule has 0 radical (unpaired) electrons. The van der Waals surface area contributed by atoms with Crippen molar-refractivity contribution < 1.29 is 4.42 Å². The van der Waals surface area contributed by atoms with E-state index < -0.39 is 0 Å². The number of hydrogen-bond acceptors (Lipinski definition) is 2. The smallest absolute Gasteiger partial charge is 0.137 e. The molecular formula is C47H34N2O. The predicted octanol–water partition coefficient (Wildman–Crippen LogP) is 12.0. The molecule has 10 rings (SSSR count). The number of aromatic nitrogens is 2. The van der Waals surface area contributed by atoms with Crippen molar-refractivity contribution in [2.24, 2.45) is 0 Å². The zero-order chi connectivity index (χ0) is 33.4. The molecule has 0 N–H and O–H groups in total. The molecule has 3 aromatic heterocycles. The average Bonchev–Trinajstić information content (AvgIpc) is 3.74. The van der Waals surface area contributed by atoms with Crippen LogP contribution in [-0.2, 0) is 11.8 Å². The molecule has 2 aliphatic carbocycles. The van der Waals surface area contributed by atoms with Crippen LogP contribution in [0.25, 0.3) is 73.0 Å². The number of furan rings is 1. The maximum Gasteiger partial charge on any atom is 0.137 e. The van der Waals surface area contributed by atoms with Crippen LogP contribution in [0, 0.1) is 0 Å². The standard InChI is InChI=1S/C47H34N2O/c1-47(2)39-15-7-6-13-36(39)37-25-23-34(29-40(37)47)30-22-26-38-41(27-24-30)50-42-16-10-14-35(44(38)42)31-18-20-32(21-19-31)45-46(33-11-4-3-5-12-33)49-28-9-8-17-43(49)48-45/h3-25,27-29H,26H2,1-2H3. The summed E-state index contributed by atoms with van der Waals surface area (Å²) >= 11 is 0.